The highest BCUT2D eigenvalue weighted by molar-refractivity contribution is 5.74. The van der Waals surface area contributed by atoms with Crippen LogP contribution in [0.5, 0.6) is 0 Å². The molecule has 0 saturated carbocycles. The van der Waals surface area contributed by atoms with Crippen LogP contribution in [0.15, 0.2) is 18.2 Å². The Morgan fingerprint density at radius 3 is 2.07 bits per heavy atom. The summed E-state index contributed by atoms with van der Waals surface area (Å²) in [5.41, 5.74) is 3.41. The fraction of sp³-hybridized carbons (Fsp3) is 0.750. The lowest BCUT2D eigenvalue weighted by Crippen LogP contribution is -2.36. The highest BCUT2D eigenvalue weighted by Gasteiger charge is 2.18. The van der Waals surface area contributed by atoms with Crippen molar-refractivity contribution in [1.82, 2.24) is 19.9 Å². The molecule has 0 aliphatic heterocycles. The van der Waals surface area contributed by atoms with Crippen LogP contribution in [0.1, 0.15) is 84.6 Å². The molecule has 0 N–H and O–H groups in total. The van der Waals surface area contributed by atoms with E-state index in [1.54, 1.807) is 0 Å². The molecule has 4 nitrogen and oxygen atoms in total. The van der Waals surface area contributed by atoms with E-state index < -0.39 is 0 Å². The maximum Gasteiger partial charge on any atom is 0.113 e. The molecule has 1 aromatic heterocycles. The summed E-state index contributed by atoms with van der Waals surface area (Å²) in [6.07, 6.45) is 10.5. The maximum atomic E-state index is 4.49. The normalized spacial score (nSPS) is 14.1. The Balaban J connectivity index is 2.15. The molecule has 0 aliphatic carbocycles. The van der Waals surface area contributed by atoms with Gasteiger partial charge in [0.05, 0.1) is 12.2 Å². The van der Waals surface area contributed by atoms with E-state index in [1.807, 2.05) is 0 Å². The fourth-order valence-electron chi connectivity index (χ4n) is 4.13. The van der Waals surface area contributed by atoms with Crippen molar-refractivity contribution in [3.63, 3.8) is 0 Å². The first-order valence-electron chi connectivity index (χ1n) is 11.6. The molecule has 0 unspecified atom stereocenters. The molecule has 4 heteroatoms. The van der Waals surface area contributed by atoms with Crippen molar-refractivity contribution in [2.75, 3.05) is 13.1 Å². The van der Waals surface area contributed by atoms with Crippen LogP contribution in [0.4, 0.5) is 0 Å². The first-order chi connectivity index (χ1) is 13.6. The van der Waals surface area contributed by atoms with Crippen molar-refractivity contribution in [2.45, 2.75) is 92.7 Å². The lowest BCUT2D eigenvalue weighted by molar-refractivity contribution is 0.139. The van der Waals surface area contributed by atoms with Crippen LogP contribution in [0.2, 0.25) is 0 Å². The zero-order valence-corrected chi connectivity index (χ0v) is 19.0. The molecular weight excluding hydrogens is 344 g/mol. The topological polar surface area (TPSA) is 34.0 Å². The van der Waals surface area contributed by atoms with Crippen LogP contribution in [-0.4, -0.2) is 33.0 Å². The Morgan fingerprint density at radius 1 is 0.929 bits per heavy atom. The Kier molecular flexibility index (Phi) is 9.97. The summed E-state index contributed by atoms with van der Waals surface area (Å²) < 4.78 is 2.11. The van der Waals surface area contributed by atoms with E-state index in [4.69, 9.17) is 0 Å². The van der Waals surface area contributed by atoms with E-state index in [0.29, 0.717) is 0 Å². The molecule has 158 valence electrons. The summed E-state index contributed by atoms with van der Waals surface area (Å²) in [4.78, 5) is 2.65. The smallest absolute Gasteiger partial charge is 0.113 e. The summed E-state index contributed by atoms with van der Waals surface area (Å²) >= 11 is 0. The van der Waals surface area contributed by atoms with Crippen molar-refractivity contribution < 1.29 is 0 Å². The van der Waals surface area contributed by atoms with E-state index in [0.717, 1.165) is 29.5 Å². The van der Waals surface area contributed by atoms with Gasteiger partial charge in [0.25, 0.3) is 0 Å². The molecule has 0 radical (unpaired) electrons. The average Bonchev–Trinajstić information content (AvgIpc) is 3.09. The Morgan fingerprint density at radius 2 is 1.54 bits per heavy atom. The molecule has 2 atom stereocenters. The number of fused-ring (bicyclic) bond motifs is 1. The number of aromatic nitrogens is 3. The van der Waals surface area contributed by atoms with Crippen LogP contribution < -0.4 is 0 Å². The fourth-order valence-corrected chi connectivity index (χ4v) is 4.13. The average molecular weight is 387 g/mol. The molecule has 0 spiro atoms. The van der Waals surface area contributed by atoms with Crippen molar-refractivity contribution in [1.29, 1.82) is 0 Å². The quantitative estimate of drug-likeness (QED) is 0.375. The number of nitrogens with zero attached hydrogens (tertiary/aromatic N) is 4. The van der Waals surface area contributed by atoms with Crippen molar-refractivity contribution in [3.8, 4) is 0 Å². The van der Waals surface area contributed by atoms with Gasteiger partial charge in [-0.3, -0.25) is 4.90 Å². The minimum atomic E-state index is 0.778. The van der Waals surface area contributed by atoms with Gasteiger partial charge in [0, 0.05) is 13.1 Å². The van der Waals surface area contributed by atoms with Crippen LogP contribution in [0.3, 0.4) is 0 Å². The van der Waals surface area contributed by atoms with Crippen molar-refractivity contribution in [3.05, 3.63) is 23.8 Å². The summed E-state index contributed by atoms with van der Waals surface area (Å²) in [6, 6.07) is 6.47. The number of unbranched alkanes of at least 4 members (excludes halogenated alkanes) is 2. The number of aryl methyl sites for hydroxylation is 1. The van der Waals surface area contributed by atoms with Gasteiger partial charge in [0.1, 0.15) is 5.52 Å². The maximum absolute atomic E-state index is 4.49. The number of hydrogen-bond donors (Lipinski definition) is 0. The Hall–Kier alpha value is -1.42. The van der Waals surface area contributed by atoms with E-state index in [-0.39, 0.29) is 0 Å². The lowest BCUT2D eigenvalue weighted by Gasteiger charge is -2.30. The van der Waals surface area contributed by atoms with Crippen LogP contribution in [-0.2, 0) is 6.67 Å². The summed E-state index contributed by atoms with van der Waals surface area (Å²) in [7, 11) is 0. The van der Waals surface area contributed by atoms with E-state index >= 15 is 0 Å². The Bertz CT molecular complexity index is 660. The molecule has 0 bridgehead atoms. The first kappa shape index (κ1) is 22.9. The summed E-state index contributed by atoms with van der Waals surface area (Å²) in [6.45, 7) is 14.6. The molecule has 28 heavy (non-hydrogen) atoms. The van der Waals surface area contributed by atoms with Gasteiger partial charge in [-0.2, -0.15) is 0 Å². The minimum absolute atomic E-state index is 0.778. The molecule has 0 amide bonds. The third-order valence-electron chi connectivity index (χ3n) is 6.12. The zero-order chi connectivity index (χ0) is 20.4. The molecule has 2 rings (SSSR count). The van der Waals surface area contributed by atoms with Gasteiger partial charge in [0.15, 0.2) is 0 Å². The number of rotatable bonds is 14. The van der Waals surface area contributed by atoms with E-state index in [2.05, 4.69) is 72.7 Å². The second kappa shape index (κ2) is 12.2. The van der Waals surface area contributed by atoms with Crippen LogP contribution >= 0.6 is 0 Å². The van der Waals surface area contributed by atoms with Gasteiger partial charge in [-0.1, -0.05) is 77.5 Å². The predicted molar refractivity (Wildman–Crippen MR) is 120 cm³/mol. The third-order valence-corrected chi connectivity index (χ3v) is 6.12. The highest BCUT2D eigenvalue weighted by atomic mass is 15.5. The SMILES string of the molecule is CCCC[C@@H](CC)CN(C[C@@H](CC)CCCC)Cn1nnc2cc(C)ccc21. The summed E-state index contributed by atoms with van der Waals surface area (Å²) in [5, 5.41) is 8.91. The monoisotopic (exact) mass is 386 g/mol. The second-order valence-corrected chi connectivity index (χ2v) is 8.59. The molecule has 1 heterocycles. The molecule has 0 saturated heterocycles. The highest BCUT2D eigenvalue weighted by Crippen LogP contribution is 2.20. The molecule has 1 aromatic carbocycles. The molecule has 0 fully saturated rings. The van der Waals surface area contributed by atoms with E-state index in [9.17, 15) is 0 Å². The van der Waals surface area contributed by atoms with Crippen molar-refractivity contribution in [2.24, 2.45) is 11.8 Å². The van der Waals surface area contributed by atoms with Gasteiger partial charge in [-0.25, -0.2) is 4.68 Å². The van der Waals surface area contributed by atoms with Gasteiger partial charge in [-0.15, -0.1) is 5.10 Å². The van der Waals surface area contributed by atoms with Crippen LogP contribution in [0, 0.1) is 18.8 Å². The largest absolute Gasteiger partial charge is 0.284 e. The van der Waals surface area contributed by atoms with E-state index in [1.165, 1.54) is 70.0 Å². The minimum Gasteiger partial charge on any atom is -0.284 e. The molecular formula is C24H42N4. The Labute approximate surface area is 172 Å². The van der Waals surface area contributed by atoms with Crippen molar-refractivity contribution >= 4 is 11.0 Å². The third kappa shape index (κ3) is 6.88. The second-order valence-electron chi connectivity index (χ2n) is 8.59. The number of hydrogen-bond acceptors (Lipinski definition) is 3. The standard InChI is InChI=1S/C24H42N4/c1-6-10-12-21(8-3)17-27(18-22(9-4)13-11-7-2)19-28-24-15-14-20(5)16-23(24)25-26-28/h14-16,21-22H,6-13,17-19H2,1-5H3/t21-,22+. The lowest BCUT2D eigenvalue weighted by atomic mass is 9.96. The first-order valence-corrected chi connectivity index (χ1v) is 11.6. The summed E-state index contributed by atoms with van der Waals surface area (Å²) in [5.74, 6) is 1.56. The van der Waals surface area contributed by atoms with Gasteiger partial charge in [-0.05, 0) is 49.3 Å². The van der Waals surface area contributed by atoms with Gasteiger partial charge in [0.2, 0.25) is 0 Å². The van der Waals surface area contributed by atoms with Gasteiger partial charge >= 0.3 is 0 Å². The molecule has 0 aliphatic rings. The predicted octanol–water partition coefficient (Wildman–Crippen LogP) is 6.43. The van der Waals surface area contributed by atoms with Crippen LogP contribution in [0.25, 0.3) is 11.0 Å². The number of benzene rings is 1. The zero-order valence-electron chi connectivity index (χ0n) is 19.0. The van der Waals surface area contributed by atoms with Gasteiger partial charge < -0.3 is 0 Å². The molecule has 2 aromatic rings.